The number of hydrogen-bond acceptors (Lipinski definition) is 2. The summed E-state index contributed by atoms with van der Waals surface area (Å²) >= 11 is 0. The first kappa shape index (κ1) is 16.3. The second kappa shape index (κ2) is 5.96. The molecular formula is C18H34O2. The molecule has 0 aromatic carbocycles. The van der Waals surface area contributed by atoms with E-state index in [0.717, 1.165) is 24.7 Å². The Hall–Kier alpha value is -0.0800. The van der Waals surface area contributed by atoms with Crippen LogP contribution < -0.4 is 0 Å². The van der Waals surface area contributed by atoms with Gasteiger partial charge in [-0.1, -0.05) is 41.5 Å². The summed E-state index contributed by atoms with van der Waals surface area (Å²) in [6.07, 6.45) is 7.81. The van der Waals surface area contributed by atoms with Gasteiger partial charge in [0.05, 0.1) is 12.2 Å². The van der Waals surface area contributed by atoms with Gasteiger partial charge in [0.2, 0.25) is 0 Å². The van der Waals surface area contributed by atoms with E-state index in [1.165, 1.54) is 25.7 Å². The number of rotatable bonds is 3. The second-order valence-corrected chi connectivity index (χ2v) is 8.92. The van der Waals surface area contributed by atoms with Gasteiger partial charge >= 0.3 is 0 Å². The van der Waals surface area contributed by atoms with Crippen LogP contribution in [0.2, 0.25) is 0 Å². The van der Waals surface area contributed by atoms with Gasteiger partial charge in [-0.2, -0.15) is 0 Å². The lowest BCUT2D eigenvalue weighted by molar-refractivity contribution is -0.389. The van der Waals surface area contributed by atoms with Crippen LogP contribution in [0, 0.1) is 22.7 Å². The fourth-order valence-corrected chi connectivity index (χ4v) is 4.41. The highest BCUT2D eigenvalue weighted by Crippen LogP contribution is 2.43. The normalized spacial score (nSPS) is 40.5. The maximum absolute atomic E-state index is 5.96. The van der Waals surface area contributed by atoms with Crippen molar-refractivity contribution >= 4 is 0 Å². The summed E-state index contributed by atoms with van der Waals surface area (Å²) < 4.78 is 0. The minimum absolute atomic E-state index is 0.240. The summed E-state index contributed by atoms with van der Waals surface area (Å²) in [4.78, 5) is 11.9. The molecule has 2 rings (SSSR count). The monoisotopic (exact) mass is 282 g/mol. The second-order valence-electron chi connectivity index (χ2n) is 8.92. The third-order valence-corrected chi connectivity index (χ3v) is 5.62. The van der Waals surface area contributed by atoms with Crippen molar-refractivity contribution in [3.63, 3.8) is 0 Å². The van der Waals surface area contributed by atoms with Crippen LogP contribution in [0.5, 0.6) is 0 Å². The maximum atomic E-state index is 5.96. The third kappa shape index (κ3) is 3.76. The van der Waals surface area contributed by atoms with Crippen molar-refractivity contribution < 1.29 is 9.78 Å². The average molecular weight is 282 g/mol. The van der Waals surface area contributed by atoms with E-state index in [4.69, 9.17) is 9.78 Å². The first-order chi connectivity index (χ1) is 9.21. The maximum Gasteiger partial charge on any atom is 0.0980 e. The lowest BCUT2D eigenvalue weighted by Crippen LogP contribution is -2.42. The minimum atomic E-state index is 0.240. The van der Waals surface area contributed by atoms with Crippen LogP contribution in [-0.2, 0) is 9.78 Å². The highest BCUT2D eigenvalue weighted by Gasteiger charge is 2.40. The van der Waals surface area contributed by atoms with E-state index >= 15 is 0 Å². The molecule has 0 aliphatic heterocycles. The molecule has 0 amide bonds. The summed E-state index contributed by atoms with van der Waals surface area (Å²) in [7, 11) is 0. The zero-order valence-corrected chi connectivity index (χ0v) is 14.4. The Morgan fingerprint density at radius 1 is 0.650 bits per heavy atom. The molecule has 0 bridgehead atoms. The smallest absolute Gasteiger partial charge is 0.0980 e. The van der Waals surface area contributed by atoms with Crippen molar-refractivity contribution in [1.82, 2.24) is 0 Å². The van der Waals surface area contributed by atoms with E-state index in [-0.39, 0.29) is 23.0 Å². The summed E-state index contributed by atoms with van der Waals surface area (Å²) in [6.45, 7) is 14.0. The first-order valence-electron chi connectivity index (χ1n) is 8.53. The van der Waals surface area contributed by atoms with Gasteiger partial charge in [-0.3, -0.25) is 0 Å². The fourth-order valence-electron chi connectivity index (χ4n) is 4.41. The van der Waals surface area contributed by atoms with Crippen LogP contribution >= 0.6 is 0 Å². The zero-order chi connectivity index (χ0) is 15.0. The molecule has 0 aromatic rings. The Labute approximate surface area is 125 Å². The molecule has 0 heterocycles. The molecule has 4 unspecified atom stereocenters. The zero-order valence-electron chi connectivity index (χ0n) is 14.4. The van der Waals surface area contributed by atoms with Crippen molar-refractivity contribution in [2.75, 3.05) is 0 Å². The van der Waals surface area contributed by atoms with Crippen molar-refractivity contribution in [2.24, 2.45) is 22.7 Å². The summed E-state index contributed by atoms with van der Waals surface area (Å²) in [6, 6.07) is 0. The highest BCUT2D eigenvalue weighted by molar-refractivity contribution is 4.87. The average Bonchev–Trinajstić information content (AvgIpc) is 2.28. The largest absolute Gasteiger partial charge is 0.233 e. The van der Waals surface area contributed by atoms with Gasteiger partial charge in [0.15, 0.2) is 0 Å². The molecule has 0 aromatic heterocycles. The molecule has 0 saturated heterocycles. The lowest BCUT2D eigenvalue weighted by Gasteiger charge is -2.44. The number of hydrogen-bond donors (Lipinski definition) is 0. The third-order valence-electron chi connectivity index (χ3n) is 5.62. The van der Waals surface area contributed by atoms with Crippen LogP contribution in [-0.4, -0.2) is 12.2 Å². The molecule has 0 spiro atoms. The van der Waals surface area contributed by atoms with Gasteiger partial charge in [-0.25, -0.2) is 9.78 Å². The summed E-state index contributed by atoms with van der Waals surface area (Å²) in [5.41, 5.74) is 0.480. The topological polar surface area (TPSA) is 18.5 Å². The molecule has 2 heteroatoms. The first-order valence-corrected chi connectivity index (χ1v) is 8.53. The summed E-state index contributed by atoms with van der Waals surface area (Å²) in [5, 5.41) is 0. The van der Waals surface area contributed by atoms with Crippen LogP contribution in [0.1, 0.15) is 80.1 Å². The van der Waals surface area contributed by atoms with E-state index in [9.17, 15) is 0 Å². The van der Waals surface area contributed by atoms with Crippen LogP contribution in [0.4, 0.5) is 0 Å². The highest BCUT2D eigenvalue weighted by atomic mass is 17.2. The van der Waals surface area contributed by atoms with E-state index in [0.29, 0.717) is 0 Å². The van der Waals surface area contributed by atoms with Crippen molar-refractivity contribution in [1.29, 1.82) is 0 Å². The van der Waals surface area contributed by atoms with Gasteiger partial charge in [0.25, 0.3) is 0 Å². The van der Waals surface area contributed by atoms with Gasteiger partial charge in [-0.05, 0) is 61.2 Å². The predicted molar refractivity (Wildman–Crippen MR) is 83.3 cm³/mol. The molecule has 4 atom stereocenters. The summed E-state index contributed by atoms with van der Waals surface area (Å²) in [5.74, 6) is 1.63. The van der Waals surface area contributed by atoms with Crippen molar-refractivity contribution in [3.05, 3.63) is 0 Å². The quantitative estimate of drug-likeness (QED) is 0.512. The van der Waals surface area contributed by atoms with Gasteiger partial charge in [0, 0.05) is 0 Å². The molecule has 20 heavy (non-hydrogen) atoms. The van der Waals surface area contributed by atoms with E-state index in [1.807, 2.05) is 0 Å². The molecule has 118 valence electrons. The predicted octanol–water partition coefficient (Wildman–Crippen LogP) is 5.36. The van der Waals surface area contributed by atoms with E-state index in [1.54, 1.807) is 0 Å². The van der Waals surface area contributed by atoms with Crippen molar-refractivity contribution in [3.8, 4) is 0 Å². The van der Waals surface area contributed by atoms with E-state index < -0.39 is 0 Å². The van der Waals surface area contributed by atoms with Crippen LogP contribution in [0.25, 0.3) is 0 Å². The van der Waals surface area contributed by atoms with Gasteiger partial charge < -0.3 is 0 Å². The fraction of sp³-hybridized carbons (Fsp3) is 1.00. The molecular weight excluding hydrogens is 248 g/mol. The van der Waals surface area contributed by atoms with Crippen LogP contribution in [0.15, 0.2) is 0 Å². The standard InChI is InChI=1S/C18H34O2/c1-13-7-9-15(17(3,4)11-13)19-20-16-10-8-14(2)12-18(16,5)6/h13-16H,7-12H2,1-6H3. The Morgan fingerprint density at radius 3 is 1.30 bits per heavy atom. The molecule has 2 saturated carbocycles. The lowest BCUT2D eigenvalue weighted by atomic mass is 9.70. The Bertz CT molecular complexity index is 289. The molecule has 2 aliphatic rings. The Morgan fingerprint density at radius 2 is 1.00 bits per heavy atom. The molecule has 2 fully saturated rings. The van der Waals surface area contributed by atoms with E-state index in [2.05, 4.69) is 41.5 Å². The van der Waals surface area contributed by atoms with Crippen LogP contribution in [0.3, 0.4) is 0 Å². The van der Waals surface area contributed by atoms with Gasteiger partial charge in [0.1, 0.15) is 0 Å². The van der Waals surface area contributed by atoms with Gasteiger partial charge in [-0.15, -0.1) is 0 Å². The molecule has 0 radical (unpaired) electrons. The Kier molecular flexibility index (Phi) is 4.86. The molecule has 2 nitrogen and oxygen atoms in total. The SMILES string of the molecule is CC1CCC(OOC2CCC(C)CC2(C)C)C(C)(C)C1. The van der Waals surface area contributed by atoms with Crippen molar-refractivity contribution in [2.45, 2.75) is 92.3 Å². The molecule has 2 aliphatic carbocycles. The minimum Gasteiger partial charge on any atom is -0.233 e. The Balaban J connectivity index is 1.88. The molecule has 0 N–H and O–H groups in total.